The van der Waals surface area contributed by atoms with Crippen molar-refractivity contribution in [2.75, 3.05) is 25.1 Å². The Morgan fingerprint density at radius 3 is 2.68 bits per heavy atom. The molecule has 0 amide bonds. The number of aromatic nitrogens is 3. The van der Waals surface area contributed by atoms with Crippen molar-refractivity contribution in [3.63, 3.8) is 0 Å². The molecule has 2 aliphatic heterocycles. The van der Waals surface area contributed by atoms with Gasteiger partial charge in [-0.3, -0.25) is 4.98 Å². The molecule has 0 spiro atoms. The van der Waals surface area contributed by atoms with Crippen LogP contribution >= 0.6 is 0 Å². The van der Waals surface area contributed by atoms with E-state index in [0.29, 0.717) is 18.1 Å². The van der Waals surface area contributed by atoms with Gasteiger partial charge in [0.05, 0.1) is 12.6 Å². The molecule has 2 saturated heterocycles. The van der Waals surface area contributed by atoms with Crippen molar-refractivity contribution >= 4 is 27.6 Å². The lowest BCUT2D eigenvalue weighted by Crippen LogP contribution is -2.51. The van der Waals surface area contributed by atoms with Crippen LogP contribution in [0.4, 0.5) is 5.82 Å². The van der Waals surface area contributed by atoms with Gasteiger partial charge in [0.1, 0.15) is 11.3 Å². The summed E-state index contributed by atoms with van der Waals surface area (Å²) in [7, 11) is 1.59. The van der Waals surface area contributed by atoms with Gasteiger partial charge in [-0.15, -0.1) is 0 Å². The van der Waals surface area contributed by atoms with Gasteiger partial charge in [-0.25, -0.2) is 0 Å². The molecule has 0 radical (unpaired) electrons. The first kappa shape index (κ1) is 18.3. The number of nitrogens with one attached hydrogen (secondary N) is 1. The predicted molar refractivity (Wildman–Crippen MR) is 121 cm³/mol. The molecule has 4 aromatic rings. The Balaban J connectivity index is 1.51. The van der Waals surface area contributed by atoms with Gasteiger partial charge in [-0.05, 0) is 47.4 Å². The zero-order valence-electron chi connectivity index (χ0n) is 17.2. The molecule has 2 aromatic heterocycles. The molecule has 2 N–H and O–H groups in total. The SMILES string of the molecule is COc1nc(N2CC3CCC(C2)N3)c2ncc(-c3cc(O)cc4ccccc34)cc2n1. The molecule has 0 aliphatic carbocycles. The summed E-state index contributed by atoms with van der Waals surface area (Å²) in [4.78, 5) is 16.4. The van der Waals surface area contributed by atoms with Gasteiger partial charge in [0, 0.05) is 36.9 Å². The quantitative estimate of drug-likeness (QED) is 0.532. The molecule has 0 saturated carbocycles. The van der Waals surface area contributed by atoms with Crippen molar-refractivity contribution in [2.24, 2.45) is 0 Å². The Bertz CT molecular complexity index is 1300. The molecule has 6 rings (SSSR count). The maximum absolute atomic E-state index is 10.3. The van der Waals surface area contributed by atoms with Crippen LogP contribution in [0.2, 0.25) is 0 Å². The summed E-state index contributed by atoms with van der Waals surface area (Å²) in [5.41, 5.74) is 3.32. The number of fused-ring (bicyclic) bond motifs is 4. The highest BCUT2D eigenvalue weighted by Crippen LogP contribution is 2.35. The highest BCUT2D eigenvalue weighted by atomic mass is 16.5. The summed E-state index contributed by atoms with van der Waals surface area (Å²) in [6, 6.07) is 14.9. The Morgan fingerprint density at radius 1 is 1.06 bits per heavy atom. The van der Waals surface area contributed by atoms with Crippen LogP contribution in [-0.4, -0.2) is 52.3 Å². The Labute approximate surface area is 179 Å². The fourth-order valence-corrected chi connectivity index (χ4v) is 4.94. The van der Waals surface area contributed by atoms with Gasteiger partial charge in [-0.1, -0.05) is 24.3 Å². The molecule has 7 nitrogen and oxygen atoms in total. The number of aromatic hydroxyl groups is 1. The van der Waals surface area contributed by atoms with Crippen molar-refractivity contribution in [3.05, 3.63) is 48.7 Å². The van der Waals surface area contributed by atoms with Crippen molar-refractivity contribution in [1.82, 2.24) is 20.3 Å². The molecule has 2 aliphatic rings. The van der Waals surface area contributed by atoms with E-state index in [2.05, 4.69) is 26.3 Å². The molecule has 2 atom stereocenters. The van der Waals surface area contributed by atoms with Crippen molar-refractivity contribution < 1.29 is 9.84 Å². The lowest BCUT2D eigenvalue weighted by atomic mass is 9.98. The van der Waals surface area contributed by atoms with E-state index in [1.165, 1.54) is 12.8 Å². The molecular formula is C24H23N5O2. The van der Waals surface area contributed by atoms with Crippen molar-refractivity contribution in [2.45, 2.75) is 24.9 Å². The topological polar surface area (TPSA) is 83.4 Å². The van der Waals surface area contributed by atoms with E-state index >= 15 is 0 Å². The smallest absolute Gasteiger partial charge is 0.318 e. The minimum atomic E-state index is 0.228. The summed E-state index contributed by atoms with van der Waals surface area (Å²) in [5, 5.41) is 16.0. The van der Waals surface area contributed by atoms with E-state index in [0.717, 1.165) is 51.8 Å². The van der Waals surface area contributed by atoms with E-state index in [4.69, 9.17) is 9.72 Å². The standard InChI is InChI=1S/C24H23N5O2/c1-31-24-27-21-9-15(20-10-18(30)8-14-4-2-3-5-19(14)20)11-25-22(21)23(28-24)29-12-16-6-7-17(13-29)26-16/h2-5,8-11,16-17,26,30H,6-7,12-13H2,1H3. The second-order valence-corrected chi connectivity index (χ2v) is 8.38. The Morgan fingerprint density at radius 2 is 1.87 bits per heavy atom. The zero-order valence-corrected chi connectivity index (χ0v) is 17.2. The van der Waals surface area contributed by atoms with Gasteiger partial charge in [0.25, 0.3) is 0 Å². The summed E-state index contributed by atoms with van der Waals surface area (Å²) in [5.74, 6) is 1.05. The van der Waals surface area contributed by atoms with Gasteiger partial charge in [-0.2, -0.15) is 9.97 Å². The molecule has 7 heteroatoms. The Hall–Kier alpha value is -3.45. The zero-order chi connectivity index (χ0) is 20.9. The molecule has 4 heterocycles. The number of ether oxygens (including phenoxy) is 1. The minimum absolute atomic E-state index is 0.228. The number of anilines is 1. The third kappa shape index (κ3) is 3.13. The largest absolute Gasteiger partial charge is 0.508 e. The summed E-state index contributed by atoms with van der Waals surface area (Å²) >= 11 is 0. The average Bonchev–Trinajstić information content (AvgIpc) is 3.14. The monoisotopic (exact) mass is 413 g/mol. The minimum Gasteiger partial charge on any atom is -0.508 e. The Kier molecular flexibility index (Phi) is 4.17. The number of benzene rings is 2. The predicted octanol–water partition coefficient (Wildman–Crippen LogP) is 3.50. The van der Waals surface area contributed by atoms with Crippen LogP contribution in [0.3, 0.4) is 0 Å². The summed E-state index contributed by atoms with van der Waals surface area (Å²) in [6.45, 7) is 1.82. The molecule has 2 bridgehead atoms. The average molecular weight is 413 g/mol. The highest BCUT2D eigenvalue weighted by molar-refractivity contribution is 5.99. The third-order valence-corrected chi connectivity index (χ3v) is 6.35. The number of methoxy groups -OCH3 is 1. The number of phenols is 1. The number of piperazine rings is 1. The van der Waals surface area contributed by atoms with E-state index in [-0.39, 0.29) is 5.75 Å². The van der Waals surface area contributed by atoms with Crippen LogP contribution in [0, 0.1) is 0 Å². The van der Waals surface area contributed by atoms with Gasteiger partial charge in [0.2, 0.25) is 0 Å². The number of hydrogen-bond acceptors (Lipinski definition) is 7. The van der Waals surface area contributed by atoms with Gasteiger partial charge in [0.15, 0.2) is 5.82 Å². The van der Waals surface area contributed by atoms with E-state index in [1.54, 1.807) is 19.2 Å². The maximum atomic E-state index is 10.3. The lowest BCUT2D eigenvalue weighted by molar-refractivity contribution is 0.380. The number of rotatable bonds is 3. The fourth-order valence-electron chi connectivity index (χ4n) is 4.94. The van der Waals surface area contributed by atoms with Gasteiger partial charge < -0.3 is 20.1 Å². The molecule has 2 aromatic carbocycles. The number of pyridine rings is 1. The lowest BCUT2D eigenvalue weighted by Gasteiger charge is -2.34. The van der Waals surface area contributed by atoms with Crippen LogP contribution in [0.25, 0.3) is 32.9 Å². The normalized spacial score (nSPS) is 20.5. The van der Waals surface area contributed by atoms with E-state index in [9.17, 15) is 5.11 Å². The second kappa shape index (κ2) is 7.06. The first-order valence-electron chi connectivity index (χ1n) is 10.6. The van der Waals surface area contributed by atoms with Gasteiger partial charge >= 0.3 is 6.01 Å². The second-order valence-electron chi connectivity index (χ2n) is 8.38. The number of nitrogens with zero attached hydrogens (tertiary/aromatic N) is 4. The summed E-state index contributed by atoms with van der Waals surface area (Å²) in [6.07, 6.45) is 4.24. The first-order valence-corrected chi connectivity index (χ1v) is 10.6. The molecule has 156 valence electrons. The molecule has 2 unspecified atom stereocenters. The highest BCUT2D eigenvalue weighted by Gasteiger charge is 2.34. The van der Waals surface area contributed by atoms with Crippen LogP contribution in [0.1, 0.15) is 12.8 Å². The van der Waals surface area contributed by atoms with Crippen LogP contribution in [0.5, 0.6) is 11.8 Å². The van der Waals surface area contributed by atoms with Crippen LogP contribution < -0.4 is 15.0 Å². The first-order chi connectivity index (χ1) is 15.2. The number of phenolic OH excluding ortho intramolecular Hbond substituents is 1. The summed E-state index contributed by atoms with van der Waals surface area (Å²) < 4.78 is 5.43. The number of hydrogen-bond donors (Lipinski definition) is 2. The third-order valence-electron chi connectivity index (χ3n) is 6.35. The van der Waals surface area contributed by atoms with Crippen molar-refractivity contribution in [3.8, 4) is 22.9 Å². The fraction of sp³-hybridized carbons (Fsp3) is 0.292. The molecule has 31 heavy (non-hydrogen) atoms. The maximum Gasteiger partial charge on any atom is 0.318 e. The van der Waals surface area contributed by atoms with E-state index in [1.807, 2.05) is 30.5 Å². The molecular weight excluding hydrogens is 390 g/mol. The van der Waals surface area contributed by atoms with Crippen LogP contribution in [-0.2, 0) is 0 Å². The van der Waals surface area contributed by atoms with Crippen LogP contribution in [0.15, 0.2) is 48.7 Å². The van der Waals surface area contributed by atoms with E-state index < -0.39 is 0 Å². The van der Waals surface area contributed by atoms with Crippen molar-refractivity contribution in [1.29, 1.82) is 0 Å². The molecule has 2 fully saturated rings.